The molecule has 3 nitrogen and oxygen atoms in total. The van der Waals surface area contributed by atoms with Crippen molar-refractivity contribution in [1.82, 2.24) is 10.2 Å². The van der Waals surface area contributed by atoms with Crippen molar-refractivity contribution in [2.45, 2.75) is 50.4 Å². The maximum absolute atomic E-state index is 8.81. The van der Waals surface area contributed by atoms with Gasteiger partial charge in [0.15, 0.2) is 0 Å². The third-order valence-corrected chi connectivity index (χ3v) is 4.59. The molecule has 2 heterocycles. The van der Waals surface area contributed by atoms with Gasteiger partial charge in [-0.15, -0.1) is 0 Å². The number of benzene rings is 1. The van der Waals surface area contributed by atoms with Gasteiger partial charge in [0.05, 0.1) is 11.6 Å². The Morgan fingerprint density at radius 2 is 1.84 bits per heavy atom. The summed E-state index contributed by atoms with van der Waals surface area (Å²) in [5.74, 6) is 0. The lowest BCUT2D eigenvalue weighted by molar-refractivity contribution is 0.166. The lowest BCUT2D eigenvalue weighted by atomic mass is 9.98. The highest BCUT2D eigenvalue weighted by atomic mass is 15.2. The molecule has 19 heavy (non-hydrogen) atoms. The van der Waals surface area contributed by atoms with Crippen LogP contribution in [0.1, 0.15) is 36.8 Å². The summed E-state index contributed by atoms with van der Waals surface area (Å²) in [7, 11) is 2.23. The second kappa shape index (κ2) is 5.32. The van der Waals surface area contributed by atoms with Crippen molar-refractivity contribution in [3.05, 3.63) is 35.4 Å². The van der Waals surface area contributed by atoms with Gasteiger partial charge in [-0.2, -0.15) is 5.26 Å². The molecule has 3 heteroatoms. The summed E-state index contributed by atoms with van der Waals surface area (Å²) in [6.45, 7) is 0.982. The molecule has 2 bridgehead atoms. The number of fused-ring (bicyclic) bond motifs is 2. The number of nitrogens with one attached hydrogen (secondary N) is 1. The predicted octanol–water partition coefficient (Wildman–Crippen LogP) is 2.27. The molecular weight excluding hydrogens is 234 g/mol. The summed E-state index contributed by atoms with van der Waals surface area (Å²) in [5, 5.41) is 12.5. The SMILES string of the molecule is CN(Cc1ccc(C#N)cc1)C1CC2CCC(C1)N2. The average molecular weight is 255 g/mol. The van der Waals surface area contributed by atoms with Crippen molar-refractivity contribution in [2.75, 3.05) is 7.05 Å². The van der Waals surface area contributed by atoms with Crippen LogP contribution in [0.4, 0.5) is 0 Å². The van der Waals surface area contributed by atoms with Crippen LogP contribution < -0.4 is 5.32 Å². The third-order valence-electron chi connectivity index (χ3n) is 4.59. The number of nitriles is 1. The van der Waals surface area contributed by atoms with E-state index >= 15 is 0 Å². The lowest BCUT2D eigenvalue weighted by Crippen LogP contribution is -2.46. The third kappa shape index (κ3) is 2.80. The maximum Gasteiger partial charge on any atom is 0.0991 e. The molecular formula is C16H21N3. The molecule has 2 aliphatic rings. The van der Waals surface area contributed by atoms with Crippen molar-refractivity contribution < 1.29 is 0 Å². The fourth-order valence-corrected chi connectivity index (χ4v) is 3.49. The summed E-state index contributed by atoms with van der Waals surface area (Å²) in [5.41, 5.74) is 2.04. The monoisotopic (exact) mass is 255 g/mol. The van der Waals surface area contributed by atoms with Crippen molar-refractivity contribution in [2.24, 2.45) is 0 Å². The van der Waals surface area contributed by atoms with E-state index in [9.17, 15) is 0 Å². The number of nitrogens with zero attached hydrogens (tertiary/aromatic N) is 2. The van der Waals surface area contributed by atoms with E-state index in [1.54, 1.807) is 0 Å². The minimum atomic E-state index is 0.703. The normalized spacial score (nSPS) is 29.4. The Balaban J connectivity index is 1.61. The van der Waals surface area contributed by atoms with Crippen molar-refractivity contribution in [1.29, 1.82) is 5.26 Å². The molecule has 2 aliphatic heterocycles. The number of piperidine rings is 1. The van der Waals surface area contributed by atoms with Crippen LogP contribution in [0.25, 0.3) is 0 Å². The van der Waals surface area contributed by atoms with Crippen LogP contribution in [-0.4, -0.2) is 30.1 Å². The van der Waals surface area contributed by atoms with Gasteiger partial charge in [-0.25, -0.2) is 0 Å². The van der Waals surface area contributed by atoms with Crippen LogP contribution in [0.5, 0.6) is 0 Å². The van der Waals surface area contributed by atoms with Gasteiger partial charge in [-0.05, 0) is 50.4 Å². The van der Waals surface area contributed by atoms with Crippen LogP contribution >= 0.6 is 0 Å². The fourth-order valence-electron chi connectivity index (χ4n) is 3.49. The quantitative estimate of drug-likeness (QED) is 0.900. The zero-order chi connectivity index (χ0) is 13.2. The summed E-state index contributed by atoms with van der Waals surface area (Å²) in [6.07, 6.45) is 5.27. The van der Waals surface area contributed by atoms with Gasteiger partial charge in [-0.3, -0.25) is 4.90 Å². The Bertz CT molecular complexity index is 462. The molecule has 1 aromatic carbocycles. The van der Waals surface area contributed by atoms with Crippen molar-refractivity contribution >= 4 is 0 Å². The van der Waals surface area contributed by atoms with Gasteiger partial charge < -0.3 is 5.32 Å². The van der Waals surface area contributed by atoms with Gasteiger partial charge in [0, 0.05) is 24.7 Å². The highest BCUT2D eigenvalue weighted by molar-refractivity contribution is 5.31. The molecule has 3 rings (SSSR count). The Morgan fingerprint density at radius 1 is 1.21 bits per heavy atom. The standard InChI is InChI=1S/C16H21N3/c1-19(11-13-4-2-12(10-17)3-5-13)16-8-14-6-7-15(9-16)18-14/h2-5,14-16,18H,6-9,11H2,1H3. The highest BCUT2D eigenvalue weighted by Gasteiger charge is 2.34. The smallest absolute Gasteiger partial charge is 0.0991 e. The van der Waals surface area contributed by atoms with Crippen LogP contribution in [0.15, 0.2) is 24.3 Å². The molecule has 2 atom stereocenters. The Hall–Kier alpha value is -1.37. The van der Waals surface area contributed by atoms with E-state index in [1.165, 1.54) is 31.2 Å². The molecule has 1 aromatic rings. The molecule has 0 aromatic heterocycles. The van der Waals surface area contributed by atoms with Crippen LogP contribution in [-0.2, 0) is 6.54 Å². The van der Waals surface area contributed by atoms with E-state index < -0.39 is 0 Å². The van der Waals surface area contributed by atoms with Gasteiger partial charge >= 0.3 is 0 Å². The second-order valence-electron chi connectivity index (χ2n) is 5.99. The first kappa shape index (κ1) is 12.7. The first-order valence-electron chi connectivity index (χ1n) is 7.20. The van der Waals surface area contributed by atoms with Gasteiger partial charge in [0.1, 0.15) is 0 Å². The van der Waals surface area contributed by atoms with Crippen LogP contribution in [0.3, 0.4) is 0 Å². The number of hydrogen-bond donors (Lipinski definition) is 1. The summed E-state index contributed by atoms with van der Waals surface area (Å²) in [6, 6.07) is 12.3. The van der Waals surface area contributed by atoms with E-state index in [0.717, 1.165) is 24.2 Å². The minimum absolute atomic E-state index is 0.703. The molecule has 100 valence electrons. The van der Waals surface area contributed by atoms with E-state index in [4.69, 9.17) is 5.26 Å². The average Bonchev–Trinajstić information content (AvgIpc) is 2.78. The second-order valence-corrected chi connectivity index (χ2v) is 5.99. The first-order valence-corrected chi connectivity index (χ1v) is 7.20. The molecule has 0 saturated carbocycles. The molecule has 0 spiro atoms. The molecule has 2 unspecified atom stereocenters. The summed E-state index contributed by atoms with van der Waals surface area (Å²) < 4.78 is 0. The van der Waals surface area contributed by atoms with E-state index in [0.29, 0.717) is 6.04 Å². The lowest BCUT2D eigenvalue weighted by Gasteiger charge is -2.35. The fraction of sp³-hybridized carbons (Fsp3) is 0.562. The highest BCUT2D eigenvalue weighted by Crippen LogP contribution is 2.29. The van der Waals surface area contributed by atoms with Crippen molar-refractivity contribution in [3.8, 4) is 6.07 Å². The minimum Gasteiger partial charge on any atom is -0.311 e. The van der Waals surface area contributed by atoms with Crippen LogP contribution in [0.2, 0.25) is 0 Å². The largest absolute Gasteiger partial charge is 0.311 e. The molecule has 1 N–H and O–H groups in total. The molecule has 2 saturated heterocycles. The topological polar surface area (TPSA) is 39.1 Å². The number of rotatable bonds is 3. The van der Waals surface area contributed by atoms with Gasteiger partial charge in [0.2, 0.25) is 0 Å². The Labute approximate surface area is 115 Å². The summed E-state index contributed by atoms with van der Waals surface area (Å²) >= 11 is 0. The molecule has 2 fully saturated rings. The van der Waals surface area contributed by atoms with Crippen LogP contribution in [0, 0.1) is 11.3 Å². The Kier molecular flexibility index (Phi) is 3.54. The predicted molar refractivity (Wildman–Crippen MR) is 75.6 cm³/mol. The zero-order valence-electron chi connectivity index (χ0n) is 11.5. The zero-order valence-corrected chi connectivity index (χ0v) is 11.5. The van der Waals surface area contributed by atoms with Gasteiger partial charge in [0.25, 0.3) is 0 Å². The van der Waals surface area contributed by atoms with E-state index in [1.807, 2.05) is 12.1 Å². The van der Waals surface area contributed by atoms with Crippen molar-refractivity contribution in [3.63, 3.8) is 0 Å². The summed E-state index contributed by atoms with van der Waals surface area (Å²) in [4.78, 5) is 2.48. The molecule has 0 aliphatic carbocycles. The van der Waals surface area contributed by atoms with E-state index in [-0.39, 0.29) is 0 Å². The Morgan fingerprint density at radius 3 is 2.42 bits per heavy atom. The first-order chi connectivity index (χ1) is 9.24. The van der Waals surface area contributed by atoms with Gasteiger partial charge in [-0.1, -0.05) is 12.1 Å². The molecule has 0 radical (unpaired) electrons. The maximum atomic E-state index is 8.81. The number of hydrogen-bond acceptors (Lipinski definition) is 3. The molecule has 0 amide bonds. The van der Waals surface area contributed by atoms with E-state index in [2.05, 4.69) is 35.5 Å².